The molecule has 7 nitrogen and oxygen atoms in total. The van der Waals surface area contributed by atoms with Crippen molar-refractivity contribution < 1.29 is 9.50 Å². The van der Waals surface area contributed by atoms with Crippen LogP contribution in [0.2, 0.25) is 0 Å². The minimum absolute atomic E-state index is 0.0689. The Morgan fingerprint density at radius 2 is 2.04 bits per heavy atom. The SMILES string of the molecule is CC(C)n1c(Nc2ccccc2F)nc2cnc(NCCCO)nc21. The molecule has 0 unspecified atom stereocenters. The molecule has 25 heavy (non-hydrogen) atoms. The van der Waals surface area contributed by atoms with Crippen LogP contribution in [0.1, 0.15) is 26.3 Å². The van der Waals surface area contributed by atoms with E-state index in [-0.39, 0.29) is 18.5 Å². The number of anilines is 3. The van der Waals surface area contributed by atoms with Crippen molar-refractivity contribution >= 4 is 28.7 Å². The van der Waals surface area contributed by atoms with E-state index in [1.165, 1.54) is 6.07 Å². The first-order valence-corrected chi connectivity index (χ1v) is 8.21. The van der Waals surface area contributed by atoms with Gasteiger partial charge in [-0.2, -0.15) is 4.98 Å². The lowest BCUT2D eigenvalue weighted by atomic mass is 10.3. The molecule has 0 saturated carbocycles. The maximum atomic E-state index is 13.9. The molecular formula is C17H21FN6O. The number of rotatable bonds is 7. The zero-order chi connectivity index (χ0) is 17.8. The van der Waals surface area contributed by atoms with Crippen molar-refractivity contribution in [2.45, 2.75) is 26.3 Å². The number of aliphatic hydroxyl groups excluding tert-OH is 1. The van der Waals surface area contributed by atoms with Gasteiger partial charge in [0.25, 0.3) is 0 Å². The van der Waals surface area contributed by atoms with Crippen molar-refractivity contribution in [1.29, 1.82) is 0 Å². The van der Waals surface area contributed by atoms with Gasteiger partial charge in [-0.25, -0.2) is 14.4 Å². The lowest BCUT2D eigenvalue weighted by Gasteiger charge is -2.14. The fraction of sp³-hybridized carbons (Fsp3) is 0.353. The average molecular weight is 344 g/mol. The monoisotopic (exact) mass is 344 g/mol. The van der Waals surface area contributed by atoms with Crippen molar-refractivity contribution in [3.05, 3.63) is 36.3 Å². The van der Waals surface area contributed by atoms with Gasteiger partial charge in [0.05, 0.1) is 11.9 Å². The highest BCUT2D eigenvalue weighted by atomic mass is 19.1. The van der Waals surface area contributed by atoms with Crippen LogP contribution in [0.5, 0.6) is 0 Å². The smallest absolute Gasteiger partial charge is 0.224 e. The van der Waals surface area contributed by atoms with Crippen molar-refractivity contribution in [2.24, 2.45) is 0 Å². The molecule has 3 N–H and O–H groups in total. The van der Waals surface area contributed by atoms with Crippen molar-refractivity contribution in [3.63, 3.8) is 0 Å². The Balaban J connectivity index is 1.98. The van der Waals surface area contributed by atoms with Gasteiger partial charge in [-0.05, 0) is 32.4 Å². The summed E-state index contributed by atoms with van der Waals surface area (Å²) >= 11 is 0. The van der Waals surface area contributed by atoms with Crippen molar-refractivity contribution in [2.75, 3.05) is 23.8 Å². The molecular weight excluding hydrogens is 323 g/mol. The Bertz CT molecular complexity index is 863. The molecule has 3 aromatic rings. The van der Waals surface area contributed by atoms with Gasteiger partial charge in [0, 0.05) is 19.2 Å². The van der Waals surface area contributed by atoms with E-state index in [4.69, 9.17) is 5.11 Å². The second-order valence-electron chi connectivity index (χ2n) is 5.91. The summed E-state index contributed by atoms with van der Waals surface area (Å²) in [5.41, 5.74) is 1.64. The van der Waals surface area contributed by atoms with Crippen LogP contribution in [0.15, 0.2) is 30.5 Å². The lowest BCUT2D eigenvalue weighted by Crippen LogP contribution is -2.09. The molecule has 0 atom stereocenters. The van der Waals surface area contributed by atoms with E-state index in [0.29, 0.717) is 41.7 Å². The molecule has 2 heterocycles. The van der Waals surface area contributed by atoms with Gasteiger partial charge in [-0.1, -0.05) is 12.1 Å². The van der Waals surface area contributed by atoms with Crippen LogP contribution in [0, 0.1) is 5.82 Å². The number of nitrogens with zero attached hydrogens (tertiary/aromatic N) is 4. The Kier molecular flexibility index (Phi) is 5.08. The van der Waals surface area contributed by atoms with Crippen LogP contribution in [-0.2, 0) is 0 Å². The van der Waals surface area contributed by atoms with E-state index in [9.17, 15) is 4.39 Å². The topological polar surface area (TPSA) is 87.9 Å². The van der Waals surface area contributed by atoms with Gasteiger partial charge in [-0.3, -0.25) is 4.57 Å². The Hall–Kier alpha value is -2.74. The summed E-state index contributed by atoms with van der Waals surface area (Å²) in [6.07, 6.45) is 2.25. The first-order valence-electron chi connectivity index (χ1n) is 8.21. The van der Waals surface area contributed by atoms with Crippen LogP contribution >= 0.6 is 0 Å². The standard InChI is InChI=1S/C17H21FN6O/c1-11(2)24-15-14(10-20-16(23-15)19-8-5-9-25)22-17(24)21-13-7-4-3-6-12(13)18/h3-4,6-7,10-11,25H,5,8-9H2,1-2H3,(H,21,22)(H,19,20,23). The van der Waals surface area contributed by atoms with Gasteiger partial charge in [0.1, 0.15) is 11.3 Å². The highest BCUT2D eigenvalue weighted by Gasteiger charge is 2.17. The molecule has 0 aliphatic heterocycles. The summed E-state index contributed by atoms with van der Waals surface area (Å²) in [4.78, 5) is 13.3. The fourth-order valence-corrected chi connectivity index (χ4v) is 2.52. The van der Waals surface area contributed by atoms with Crippen molar-refractivity contribution in [1.82, 2.24) is 19.5 Å². The van der Waals surface area contributed by atoms with Crippen LogP contribution in [-0.4, -0.2) is 37.8 Å². The number of para-hydroxylation sites is 1. The summed E-state index contributed by atoms with van der Waals surface area (Å²) in [7, 11) is 0. The Labute approximate surface area is 144 Å². The highest BCUT2D eigenvalue weighted by molar-refractivity contribution is 5.76. The number of fused-ring (bicyclic) bond motifs is 1. The maximum absolute atomic E-state index is 13.9. The molecule has 8 heteroatoms. The van der Waals surface area contributed by atoms with Gasteiger partial charge < -0.3 is 15.7 Å². The predicted octanol–water partition coefficient (Wildman–Crippen LogP) is 3.08. The number of hydrogen-bond donors (Lipinski definition) is 3. The Morgan fingerprint density at radius 1 is 1.24 bits per heavy atom. The number of benzene rings is 1. The number of halogens is 1. The molecule has 0 spiro atoms. The van der Waals surface area contributed by atoms with Crippen LogP contribution in [0.3, 0.4) is 0 Å². The fourth-order valence-electron chi connectivity index (χ4n) is 2.52. The maximum Gasteiger partial charge on any atom is 0.224 e. The summed E-state index contributed by atoms with van der Waals surface area (Å²) in [6.45, 7) is 4.71. The van der Waals surface area contributed by atoms with Gasteiger partial charge >= 0.3 is 0 Å². The van der Waals surface area contributed by atoms with Crippen molar-refractivity contribution in [3.8, 4) is 0 Å². The first kappa shape index (κ1) is 17.1. The average Bonchev–Trinajstić information content (AvgIpc) is 2.94. The van der Waals surface area contributed by atoms with Gasteiger partial charge in [0.15, 0.2) is 5.65 Å². The highest BCUT2D eigenvalue weighted by Crippen LogP contribution is 2.26. The molecule has 0 amide bonds. The molecule has 0 radical (unpaired) electrons. The largest absolute Gasteiger partial charge is 0.396 e. The number of aromatic nitrogens is 4. The summed E-state index contributed by atoms with van der Waals surface area (Å²) < 4.78 is 15.8. The molecule has 132 valence electrons. The minimum atomic E-state index is -0.345. The molecule has 2 aromatic heterocycles. The van der Waals surface area contributed by atoms with E-state index >= 15 is 0 Å². The molecule has 0 bridgehead atoms. The van der Waals surface area contributed by atoms with Gasteiger partial charge in [0.2, 0.25) is 11.9 Å². The Morgan fingerprint density at radius 3 is 2.76 bits per heavy atom. The summed E-state index contributed by atoms with van der Waals surface area (Å²) in [6, 6.07) is 6.53. The number of aliphatic hydroxyl groups is 1. The summed E-state index contributed by atoms with van der Waals surface area (Å²) in [5, 5.41) is 15.0. The van der Waals surface area contributed by atoms with Gasteiger partial charge in [-0.15, -0.1) is 0 Å². The van der Waals surface area contributed by atoms with Crippen LogP contribution < -0.4 is 10.6 Å². The molecule has 0 saturated heterocycles. The molecule has 1 aromatic carbocycles. The zero-order valence-electron chi connectivity index (χ0n) is 14.2. The normalized spacial score (nSPS) is 11.2. The second-order valence-corrected chi connectivity index (χ2v) is 5.91. The van der Waals surface area contributed by atoms with E-state index in [1.807, 2.05) is 18.4 Å². The quantitative estimate of drug-likeness (QED) is 0.571. The zero-order valence-corrected chi connectivity index (χ0v) is 14.2. The third-order valence-electron chi connectivity index (χ3n) is 3.69. The third-order valence-corrected chi connectivity index (χ3v) is 3.69. The molecule has 0 aliphatic carbocycles. The second kappa shape index (κ2) is 7.43. The van der Waals surface area contributed by atoms with E-state index < -0.39 is 0 Å². The predicted molar refractivity (Wildman–Crippen MR) is 95.6 cm³/mol. The molecule has 0 aliphatic rings. The minimum Gasteiger partial charge on any atom is -0.396 e. The summed E-state index contributed by atoms with van der Waals surface area (Å²) in [5.74, 6) is 0.638. The van der Waals surface area contributed by atoms with E-state index in [0.717, 1.165) is 0 Å². The third kappa shape index (κ3) is 3.69. The number of nitrogens with one attached hydrogen (secondary N) is 2. The molecule has 3 rings (SSSR count). The lowest BCUT2D eigenvalue weighted by molar-refractivity contribution is 0.292. The number of hydrogen-bond acceptors (Lipinski definition) is 6. The number of imidazole rings is 1. The first-order chi connectivity index (χ1) is 12.1. The van der Waals surface area contributed by atoms with Crippen LogP contribution in [0.4, 0.5) is 22.0 Å². The van der Waals surface area contributed by atoms with Crippen LogP contribution in [0.25, 0.3) is 11.2 Å². The van der Waals surface area contributed by atoms with E-state index in [1.54, 1.807) is 24.4 Å². The van der Waals surface area contributed by atoms with E-state index in [2.05, 4.69) is 25.6 Å². The molecule has 0 fully saturated rings.